The van der Waals surface area contributed by atoms with Crippen LogP contribution in [0.25, 0.3) is 0 Å². The standard InChI is InChI=1S/C15H25N3O6S/c1-4-5-11(14(23)17-10(7-19)8-25-3)18-15(24)12(6-13(21)22)16-9(2)20/h7,10-12H,4-6,8H2,1-3H3,(H,16,20)(H,17,23)(H,18,24)(H,21,22)/t10-,11+,12+/m1/s1. The van der Waals surface area contributed by atoms with Gasteiger partial charge in [-0.25, -0.2) is 0 Å². The molecule has 3 amide bonds. The van der Waals surface area contributed by atoms with Crippen molar-refractivity contribution in [3.8, 4) is 0 Å². The smallest absolute Gasteiger partial charge is 0.305 e. The molecule has 0 rings (SSSR count). The van der Waals surface area contributed by atoms with Crippen molar-refractivity contribution in [2.24, 2.45) is 0 Å². The zero-order valence-corrected chi connectivity index (χ0v) is 15.4. The first-order valence-corrected chi connectivity index (χ1v) is 9.18. The van der Waals surface area contributed by atoms with Crippen molar-refractivity contribution in [2.75, 3.05) is 12.0 Å². The molecular formula is C15H25N3O6S. The molecule has 0 aromatic rings. The number of carbonyl (C=O) groups excluding carboxylic acids is 4. The Kier molecular flexibility index (Phi) is 11.3. The van der Waals surface area contributed by atoms with Crippen LogP contribution in [0.5, 0.6) is 0 Å². The summed E-state index contributed by atoms with van der Waals surface area (Å²) < 4.78 is 0. The average molecular weight is 375 g/mol. The van der Waals surface area contributed by atoms with E-state index in [0.717, 1.165) is 6.92 Å². The number of rotatable bonds is 12. The lowest BCUT2D eigenvalue weighted by Gasteiger charge is -2.23. The normalized spacial score (nSPS) is 13.9. The van der Waals surface area contributed by atoms with Crippen molar-refractivity contribution in [3.63, 3.8) is 0 Å². The zero-order valence-electron chi connectivity index (χ0n) is 14.5. The summed E-state index contributed by atoms with van der Waals surface area (Å²) in [6, 6.07) is -2.88. The number of hydrogen-bond acceptors (Lipinski definition) is 6. The Hall–Kier alpha value is -2.10. The van der Waals surface area contributed by atoms with E-state index in [1.165, 1.54) is 11.8 Å². The van der Waals surface area contributed by atoms with Crippen LogP contribution in [-0.4, -0.2) is 65.2 Å². The molecule has 0 heterocycles. The third kappa shape index (κ3) is 9.70. The number of hydrogen-bond donors (Lipinski definition) is 4. The first-order chi connectivity index (χ1) is 11.7. The number of carbonyl (C=O) groups is 5. The second-order valence-electron chi connectivity index (χ2n) is 5.41. The van der Waals surface area contributed by atoms with Crippen LogP contribution in [0.1, 0.15) is 33.1 Å². The van der Waals surface area contributed by atoms with Crippen molar-refractivity contribution < 1.29 is 29.1 Å². The number of carboxylic acids is 1. The summed E-state index contributed by atoms with van der Waals surface area (Å²) in [7, 11) is 0. The highest BCUT2D eigenvalue weighted by molar-refractivity contribution is 7.98. The Morgan fingerprint density at radius 2 is 1.68 bits per heavy atom. The van der Waals surface area contributed by atoms with Gasteiger partial charge in [-0.3, -0.25) is 19.2 Å². The largest absolute Gasteiger partial charge is 0.481 e. The molecule has 4 N–H and O–H groups in total. The summed E-state index contributed by atoms with van der Waals surface area (Å²) in [5.41, 5.74) is 0. The number of nitrogens with one attached hydrogen (secondary N) is 3. The van der Waals surface area contributed by atoms with E-state index >= 15 is 0 Å². The van der Waals surface area contributed by atoms with Gasteiger partial charge in [0, 0.05) is 12.7 Å². The van der Waals surface area contributed by atoms with Crippen molar-refractivity contribution in [1.29, 1.82) is 0 Å². The Balaban J connectivity index is 5.02. The number of aliphatic carboxylic acids is 1. The van der Waals surface area contributed by atoms with E-state index < -0.39 is 48.2 Å². The van der Waals surface area contributed by atoms with Gasteiger partial charge < -0.3 is 25.9 Å². The minimum absolute atomic E-state index is 0.308. The van der Waals surface area contributed by atoms with Crippen LogP contribution in [0, 0.1) is 0 Å². The average Bonchev–Trinajstić information content (AvgIpc) is 2.52. The molecule has 0 aromatic heterocycles. The van der Waals surface area contributed by atoms with Gasteiger partial charge in [-0.2, -0.15) is 11.8 Å². The van der Waals surface area contributed by atoms with Gasteiger partial charge in [-0.15, -0.1) is 0 Å². The molecule has 10 heteroatoms. The molecule has 9 nitrogen and oxygen atoms in total. The molecule has 0 aliphatic heterocycles. The molecule has 0 radical (unpaired) electrons. The van der Waals surface area contributed by atoms with E-state index in [0.29, 0.717) is 24.9 Å². The van der Waals surface area contributed by atoms with Gasteiger partial charge in [-0.05, 0) is 12.7 Å². The molecule has 3 atom stereocenters. The van der Waals surface area contributed by atoms with Gasteiger partial charge in [-0.1, -0.05) is 13.3 Å². The zero-order chi connectivity index (χ0) is 19.4. The lowest BCUT2D eigenvalue weighted by atomic mass is 10.1. The van der Waals surface area contributed by atoms with E-state index in [1.807, 2.05) is 6.92 Å². The van der Waals surface area contributed by atoms with E-state index in [4.69, 9.17) is 5.11 Å². The van der Waals surface area contributed by atoms with Crippen molar-refractivity contribution in [3.05, 3.63) is 0 Å². The molecule has 142 valence electrons. The Morgan fingerprint density at radius 1 is 1.08 bits per heavy atom. The molecule has 0 fully saturated rings. The lowest BCUT2D eigenvalue weighted by Crippen LogP contribution is -2.55. The molecule has 0 aliphatic carbocycles. The highest BCUT2D eigenvalue weighted by atomic mass is 32.2. The van der Waals surface area contributed by atoms with Crippen LogP contribution in [0.2, 0.25) is 0 Å². The summed E-state index contributed by atoms with van der Waals surface area (Å²) in [6.45, 7) is 2.98. The van der Waals surface area contributed by atoms with E-state index in [9.17, 15) is 24.0 Å². The van der Waals surface area contributed by atoms with Crippen molar-refractivity contribution in [1.82, 2.24) is 16.0 Å². The van der Waals surface area contributed by atoms with Gasteiger partial charge in [0.05, 0.1) is 12.5 Å². The maximum Gasteiger partial charge on any atom is 0.305 e. The molecule has 0 aliphatic rings. The fourth-order valence-corrected chi connectivity index (χ4v) is 2.56. The molecule has 0 saturated carbocycles. The number of amides is 3. The quantitative estimate of drug-likeness (QED) is 0.330. The van der Waals surface area contributed by atoms with Gasteiger partial charge in [0.25, 0.3) is 0 Å². The van der Waals surface area contributed by atoms with Crippen molar-refractivity contribution in [2.45, 2.75) is 51.2 Å². The summed E-state index contributed by atoms with van der Waals surface area (Å²) in [6.07, 6.45) is 2.69. The molecular weight excluding hydrogens is 350 g/mol. The third-order valence-corrected chi connectivity index (χ3v) is 3.81. The fourth-order valence-electron chi connectivity index (χ4n) is 2.04. The summed E-state index contributed by atoms with van der Waals surface area (Å²) in [5, 5.41) is 16.1. The molecule has 0 unspecified atom stereocenters. The summed E-state index contributed by atoms with van der Waals surface area (Å²) in [4.78, 5) is 57.5. The highest BCUT2D eigenvalue weighted by Crippen LogP contribution is 2.02. The summed E-state index contributed by atoms with van der Waals surface area (Å²) >= 11 is 1.39. The molecule has 0 saturated heterocycles. The van der Waals surface area contributed by atoms with Gasteiger partial charge >= 0.3 is 5.97 Å². The maximum atomic E-state index is 12.3. The van der Waals surface area contributed by atoms with Gasteiger partial charge in [0.2, 0.25) is 17.7 Å². The van der Waals surface area contributed by atoms with Gasteiger partial charge in [0.1, 0.15) is 18.4 Å². The number of aldehydes is 1. The Morgan fingerprint density at radius 3 is 2.12 bits per heavy atom. The van der Waals surface area contributed by atoms with Crippen molar-refractivity contribution >= 4 is 41.7 Å². The Labute approximate surface area is 150 Å². The monoisotopic (exact) mass is 375 g/mol. The van der Waals surface area contributed by atoms with E-state index in [1.54, 1.807) is 6.26 Å². The third-order valence-electron chi connectivity index (χ3n) is 3.12. The second-order valence-corrected chi connectivity index (χ2v) is 6.32. The Bertz CT molecular complexity index is 484. The van der Waals surface area contributed by atoms with Crippen LogP contribution in [0.15, 0.2) is 0 Å². The predicted molar refractivity (Wildman–Crippen MR) is 93.1 cm³/mol. The first-order valence-electron chi connectivity index (χ1n) is 7.78. The minimum atomic E-state index is -1.28. The fraction of sp³-hybridized carbons (Fsp3) is 0.667. The SMILES string of the molecule is CCC[C@H](NC(=O)[C@H](CC(=O)O)NC(C)=O)C(=O)N[C@H](C=O)CSC. The first kappa shape index (κ1) is 22.9. The molecule has 0 bridgehead atoms. The highest BCUT2D eigenvalue weighted by Gasteiger charge is 2.28. The summed E-state index contributed by atoms with van der Waals surface area (Å²) in [5.74, 6) is -2.71. The minimum Gasteiger partial charge on any atom is -0.481 e. The number of carboxylic acid groups (broad SMARTS) is 1. The second kappa shape index (κ2) is 12.3. The van der Waals surface area contributed by atoms with E-state index in [-0.39, 0.29) is 0 Å². The predicted octanol–water partition coefficient (Wildman–Crippen LogP) is -0.703. The molecule has 25 heavy (non-hydrogen) atoms. The lowest BCUT2D eigenvalue weighted by molar-refractivity contribution is -0.141. The molecule has 0 spiro atoms. The van der Waals surface area contributed by atoms with Crippen LogP contribution in [0.4, 0.5) is 0 Å². The maximum absolute atomic E-state index is 12.3. The topological polar surface area (TPSA) is 142 Å². The molecule has 0 aromatic carbocycles. The van der Waals surface area contributed by atoms with Crippen LogP contribution >= 0.6 is 11.8 Å². The van der Waals surface area contributed by atoms with E-state index in [2.05, 4.69) is 16.0 Å². The van der Waals surface area contributed by atoms with Crippen LogP contribution in [-0.2, 0) is 24.0 Å². The van der Waals surface area contributed by atoms with Crippen LogP contribution in [0.3, 0.4) is 0 Å². The number of thioether (sulfide) groups is 1. The van der Waals surface area contributed by atoms with Crippen LogP contribution < -0.4 is 16.0 Å². The van der Waals surface area contributed by atoms with Gasteiger partial charge in [0.15, 0.2) is 0 Å².